The molecule has 0 spiro atoms. The molecule has 1 aromatic heterocycles. The third-order valence-corrected chi connectivity index (χ3v) is 5.96. The number of piperidine rings is 1. The van der Waals surface area contributed by atoms with Crippen molar-refractivity contribution >= 4 is 11.9 Å². The van der Waals surface area contributed by atoms with Crippen molar-refractivity contribution in [1.82, 2.24) is 20.1 Å². The van der Waals surface area contributed by atoms with Crippen molar-refractivity contribution in [1.29, 1.82) is 0 Å². The highest BCUT2D eigenvalue weighted by molar-refractivity contribution is 5.81. The van der Waals surface area contributed by atoms with Crippen molar-refractivity contribution in [3.63, 3.8) is 0 Å². The number of aliphatic imine (C=N–C) groups is 1. The van der Waals surface area contributed by atoms with Crippen LogP contribution >= 0.6 is 0 Å². The normalized spacial score (nSPS) is 18.3. The Bertz CT molecular complexity index is 894. The van der Waals surface area contributed by atoms with E-state index < -0.39 is 0 Å². The van der Waals surface area contributed by atoms with Crippen LogP contribution in [0.4, 0.5) is 0 Å². The summed E-state index contributed by atoms with van der Waals surface area (Å²) in [5.41, 5.74) is 3.00. The number of carbonyl (C=O) groups is 1. The molecular formula is C23H31N5O3. The average Bonchev–Trinajstić information content (AvgIpc) is 3.29. The smallest absolute Gasteiger partial charge is 0.226 e. The molecule has 0 aliphatic carbocycles. The summed E-state index contributed by atoms with van der Waals surface area (Å²) in [4.78, 5) is 25.9. The molecule has 0 saturated carbocycles. The van der Waals surface area contributed by atoms with Gasteiger partial charge in [-0.1, -0.05) is 17.7 Å². The summed E-state index contributed by atoms with van der Waals surface area (Å²) in [6.07, 6.45) is 3.37. The summed E-state index contributed by atoms with van der Waals surface area (Å²) in [6.45, 7) is 6.94. The van der Waals surface area contributed by atoms with E-state index in [9.17, 15) is 4.79 Å². The summed E-state index contributed by atoms with van der Waals surface area (Å²) >= 11 is 0. The zero-order chi connectivity index (χ0) is 21.6. The molecule has 0 unspecified atom stereocenters. The summed E-state index contributed by atoms with van der Waals surface area (Å²) in [5, 5.41) is 3.38. The SMILES string of the molecule is CN=C(NCc1coc(-c2ccc(C)cc2)n1)N1CCC(C(=O)N2CCOCC2)CC1. The zero-order valence-electron chi connectivity index (χ0n) is 18.3. The second-order valence-corrected chi connectivity index (χ2v) is 8.11. The standard InChI is InChI=1S/C23H31N5O3/c1-17-3-5-18(6-4-17)21-26-20(16-31-21)15-25-23(24-2)28-9-7-19(8-10-28)22(29)27-11-13-30-14-12-27/h3-6,16,19H,7-15H2,1-2H3,(H,24,25). The molecule has 2 aliphatic heterocycles. The van der Waals surface area contributed by atoms with Crippen molar-refractivity contribution < 1.29 is 13.9 Å². The third-order valence-electron chi connectivity index (χ3n) is 5.96. The monoisotopic (exact) mass is 425 g/mol. The van der Waals surface area contributed by atoms with Gasteiger partial charge in [0, 0.05) is 44.7 Å². The Hall–Kier alpha value is -2.87. The number of morpholine rings is 1. The number of likely N-dealkylation sites (tertiary alicyclic amines) is 1. The van der Waals surface area contributed by atoms with Gasteiger partial charge in [-0.15, -0.1) is 0 Å². The molecule has 3 heterocycles. The number of nitrogens with one attached hydrogen (secondary N) is 1. The van der Waals surface area contributed by atoms with Crippen LogP contribution in [-0.4, -0.2) is 73.1 Å². The minimum absolute atomic E-state index is 0.0973. The zero-order valence-corrected chi connectivity index (χ0v) is 18.3. The van der Waals surface area contributed by atoms with E-state index in [0.717, 1.165) is 43.1 Å². The van der Waals surface area contributed by atoms with Gasteiger partial charge in [-0.2, -0.15) is 0 Å². The predicted molar refractivity (Wildman–Crippen MR) is 119 cm³/mol. The van der Waals surface area contributed by atoms with Crippen LogP contribution in [0.1, 0.15) is 24.1 Å². The third kappa shape index (κ3) is 5.25. The molecule has 0 radical (unpaired) electrons. The number of hydrogen-bond acceptors (Lipinski definition) is 5. The molecule has 31 heavy (non-hydrogen) atoms. The fourth-order valence-electron chi connectivity index (χ4n) is 4.10. The number of hydrogen-bond donors (Lipinski definition) is 1. The Morgan fingerprint density at radius 3 is 2.52 bits per heavy atom. The molecule has 2 aromatic rings. The lowest BCUT2D eigenvalue weighted by Gasteiger charge is -2.36. The number of ether oxygens (including phenoxy) is 1. The molecule has 8 heteroatoms. The quantitative estimate of drug-likeness (QED) is 0.598. The van der Waals surface area contributed by atoms with E-state index in [1.807, 2.05) is 29.2 Å². The maximum Gasteiger partial charge on any atom is 0.226 e. The van der Waals surface area contributed by atoms with Crippen LogP contribution in [0.2, 0.25) is 0 Å². The number of nitrogens with zero attached hydrogens (tertiary/aromatic N) is 4. The molecule has 0 atom stereocenters. The highest BCUT2D eigenvalue weighted by Gasteiger charge is 2.30. The van der Waals surface area contributed by atoms with Crippen LogP contribution in [0.15, 0.2) is 39.9 Å². The molecule has 2 fully saturated rings. The van der Waals surface area contributed by atoms with Gasteiger partial charge in [0.1, 0.15) is 6.26 Å². The summed E-state index contributed by atoms with van der Waals surface area (Å²) < 4.78 is 11.0. The number of carbonyl (C=O) groups excluding carboxylic acids is 1. The highest BCUT2D eigenvalue weighted by Crippen LogP contribution is 2.21. The van der Waals surface area contributed by atoms with E-state index in [2.05, 4.69) is 27.1 Å². The summed E-state index contributed by atoms with van der Waals surface area (Å²) in [5.74, 6) is 1.82. The van der Waals surface area contributed by atoms with Crippen LogP contribution < -0.4 is 5.32 Å². The fourth-order valence-corrected chi connectivity index (χ4v) is 4.10. The first kappa shape index (κ1) is 21.4. The van der Waals surface area contributed by atoms with E-state index in [4.69, 9.17) is 9.15 Å². The van der Waals surface area contributed by atoms with Gasteiger partial charge in [0.05, 0.1) is 25.5 Å². The molecular weight excluding hydrogens is 394 g/mol. The molecule has 1 aromatic carbocycles. The first-order valence-corrected chi connectivity index (χ1v) is 11.0. The number of amides is 1. The molecule has 2 saturated heterocycles. The van der Waals surface area contributed by atoms with E-state index in [-0.39, 0.29) is 11.8 Å². The fraction of sp³-hybridized carbons (Fsp3) is 0.522. The van der Waals surface area contributed by atoms with E-state index in [0.29, 0.717) is 38.7 Å². The van der Waals surface area contributed by atoms with Gasteiger partial charge < -0.3 is 24.3 Å². The van der Waals surface area contributed by atoms with Gasteiger partial charge in [0.15, 0.2) is 5.96 Å². The molecule has 2 aliphatic rings. The second kappa shape index (κ2) is 9.96. The van der Waals surface area contributed by atoms with Gasteiger partial charge in [-0.3, -0.25) is 9.79 Å². The Morgan fingerprint density at radius 1 is 1.13 bits per heavy atom. The lowest BCUT2D eigenvalue weighted by molar-refractivity contribution is -0.140. The predicted octanol–water partition coefficient (Wildman–Crippen LogP) is 2.30. The van der Waals surface area contributed by atoms with Crippen molar-refractivity contribution in [3.05, 3.63) is 41.8 Å². The maximum atomic E-state index is 12.7. The molecule has 1 N–H and O–H groups in total. The maximum absolute atomic E-state index is 12.7. The lowest BCUT2D eigenvalue weighted by atomic mass is 9.95. The van der Waals surface area contributed by atoms with Gasteiger partial charge in [0.25, 0.3) is 0 Å². The van der Waals surface area contributed by atoms with E-state index in [1.54, 1.807) is 13.3 Å². The van der Waals surface area contributed by atoms with Crippen molar-refractivity contribution in [2.75, 3.05) is 46.4 Å². The first-order valence-electron chi connectivity index (χ1n) is 11.0. The Kier molecular flexibility index (Phi) is 6.86. The summed E-state index contributed by atoms with van der Waals surface area (Å²) in [7, 11) is 1.79. The van der Waals surface area contributed by atoms with Crippen LogP contribution in [0.3, 0.4) is 0 Å². The molecule has 0 bridgehead atoms. The van der Waals surface area contributed by atoms with Gasteiger partial charge in [0.2, 0.25) is 11.8 Å². The van der Waals surface area contributed by atoms with Crippen LogP contribution in [0.25, 0.3) is 11.5 Å². The number of rotatable bonds is 4. The number of aromatic nitrogens is 1. The van der Waals surface area contributed by atoms with Crippen LogP contribution in [-0.2, 0) is 16.1 Å². The average molecular weight is 426 g/mol. The van der Waals surface area contributed by atoms with Crippen molar-refractivity contribution in [2.45, 2.75) is 26.3 Å². The molecule has 8 nitrogen and oxygen atoms in total. The number of oxazole rings is 1. The largest absolute Gasteiger partial charge is 0.444 e. The van der Waals surface area contributed by atoms with Gasteiger partial charge in [-0.25, -0.2) is 4.98 Å². The molecule has 4 rings (SSSR count). The minimum Gasteiger partial charge on any atom is -0.444 e. The van der Waals surface area contributed by atoms with Gasteiger partial charge in [-0.05, 0) is 31.9 Å². The highest BCUT2D eigenvalue weighted by atomic mass is 16.5. The Morgan fingerprint density at radius 2 is 1.84 bits per heavy atom. The van der Waals surface area contributed by atoms with Crippen molar-refractivity contribution in [3.8, 4) is 11.5 Å². The van der Waals surface area contributed by atoms with E-state index in [1.165, 1.54) is 5.56 Å². The second-order valence-electron chi connectivity index (χ2n) is 8.11. The lowest BCUT2D eigenvalue weighted by Crippen LogP contribution is -2.49. The number of guanidine groups is 1. The molecule has 166 valence electrons. The topological polar surface area (TPSA) is 83.2 Å². The molecule has 1 amide bonds. The van der Waals surface area contributed by atoms with Gasteiger partial charge >= 0.3 is 0 Å². The number of aryl methyl sites for hydroxylation is 1. The first-order chi connectivity index (χ1) is 15.1. The van der Waals surface area contributed by atoms with Crippen molar-refractivity contribution in [2.24, 2.45) is 10.9 Å². The van der Waals surface area contributed by atoms with E-state index >= 15 is 0 Å². The Labute approximate surface area is 183 Å². The minimum atomic E-state index is 0.0973. The summed E-state index contributed by atoms with van der Waals surface area (Å²) in [6, 6.07) is 8.12. The van der Waals surface area contributed by atoms with Crippen LogP contribution in [0, 0.1) is 12.8 Å². The Balaban J connectivity index is 1.27. The number of benzene rings is 1. The van der Waals surface area contributed by atoms with Crippen LogP contribution in [0.5, 0.6) is 0 Å².